The Bertz CT molecular complexity index is 1250. The molecule has 0 aliphatic heterocycles. The van der Waals surface area contributed by atoms with Crippen LogP contribution in [-0.4, -0.2) is 31.8 Å². The second-order valence-electron chi connectivity index (χ2n) is 7.84. The number of ether oxygens (including phenoxy) is 2. The number of nitrogens with one attached hydrogen (secondary N) is 2. The third-order valence-corrected chi connectivity index (χ3v) is 5.41. The summed E-state index contributed by atoms with van der Waals surface area (Å²) in [5.41, 5.74) is 2.81. The molecule has 37 heavy (non-hydrogen) atoms. The lowest BCUT2D eigenvalue weighted by Gasteiger charge is -2.18. The van der Waals surface area contributed by atoms with E-state index in [1.54, 1.807) is 25.3 Å². The van der Waals surface area contributed by atoms with Gasteiger partial charge < -0.3 is 20.1 Å². The van der Waals surface area contributed by atoms with Crippen LogP contribution in [0.3, 0.4) is 0 Å². The van der Waals surface area contributed by atoms with Gasteiger partial charge in [-0.2, -0.15) is 0 Å². The molecule has 0 saturated carbocycles. The first-order valence-electron chi connectivity index (χ1n) is 11.5. The van der Waals surface area contributed by atoms with Gasteiger partial charge in [-0.15, -0.1) is 6.58 Å². The van der Waals surface area contributed by atoms with Gasteiger partial charge in [0.05, 0.1) is 14.2 Å². The van der Waals surface area contributed by atoms with E-state index in [2.05, 4.69) is 17.2 Å². The summed E-state index contributed by atoms with van der Waals surface area (Å²) < 4.78 is 9.98. The minimum atomic E-state index is -0.345. The largest absolute Gasteiger partial charge is 0.497 e. The number of hydrogen-bond acceptors (Lipinski definition) is 5. The van der Waals surface area contributed by atoms with E-state index >= 15 is 0 Å². The molecule has 3 aromatic carbocycles. The summed E-state index contributed by atoms with van der Waals surface area (Å²) in [6, 6.07) is 25.7. The zero-order valence-corrected chi connectivity index (χ0v) is 20.6. The maximum atomic E-state index is 12.2. The average Bonchev–Trinajstić information content (AvgIpc) is 2.92. The van der Waals surface area contributed by atoms with Crippen LogP contribution in [0.4, 0.5) is 16.2 Å². The molecule has 3 aromatic rings. The lowest BCUT2D eigenvalue weighted by Crippen LogP contribution is -2.19. The van der Waals surface area contributed by atoms with Crippen molar-refractivity contribution in [2.45, 2.75) is 5.92 Å². The van der Waals surface area contributed by atoms with Crippen molar-refractivity contribution < 1.29 is 23.9 Å². The van der Waals surface area contributed by atoms with Gasteiger partial charge >= 0.3 is 6.03 Å². The number of rotatable bonds is 7. The molecule has 0 spiro atoms. The lowest BCUT2D eigenvalue weighted by atomic mass is 9.85. The molecule has 0 fully saturated rings. The number of hydrogen-bond donors (Lipinski definition) is 2. The highest BCUT2D eigenvalue weighted by Crippen LogP contribution is 2.30. The first kappa shape index (κ1) is 26.7. The Morgan fingerprint density at radius 3 is 1.76 bits per heavy atom. The average molecular weight is 497 g/mol. The van der Waals surface area contributed by atoms with Crippen molar-refractivity contribution in [3.05, 3.63) is 127 Å². The van der Waals surface area contributed by atoms with Crippen LogP contribution < -0.4 is 15.4 Å². The molecule has 0 heterocycles. The Morgan fingerprint density at radius 2 is 1.30 bits per heavy atom. The SMILES string of the molecule is C=CC(C1=CC(=O)C(OC)=CC1=O)c1ccc(OC)cc1.O=C(Nc1ccccc1)Nc1ccccc1. The Morgan fingerprint density at radius 1 is 0.757 bits per heavy atom. The smallest absolute Gasteiger partial charge is 0.323 e. The van der Waals surface area contributed by atoms with E-state index in [9.17, 15) is 14.4 Å². The van der Waals surface area contributed by atoms with Gasteiger partial charge in [0.2, 0.25) is 5.78 Å². The zero-order valence-electron chi connectivity index (χ0n) is 20.6. The zero-order chi connectivity index (χ0) is 26.6. The van der Waals surface area contributed by atoms with Crippen molar-refractivity contribution in [1.82, 2.24) is 0 Å². The number of ketones is 2. The highest BCUT2D eigenvalue weighted by molar-refractivity contribution is 6.19. The van der Waals surface area contributed by atoms with Crippen LogP contribution in [0.2, 0.25) is 0 Å². The summed E-state index contributed by atoms with van der Waals surface area (Å²) in [5, 5.41) is 5.48. The van der Waals surface area contributed by atoms with Crippen molar-refractivity contribution in [2.24, 2.45) is 0 Å². The van der Waals surface area contributed by atoms with E-state index < -0.39 is 0 Å². The number of amides is 2. The van der Waals surface area contributed by atoms with Gasteiger partial charge in [-0.3, -0.25) is 9.59 Å². The quantitative estimate of drug-likeness (QED) is 0.314. The summed E-state index contributed by atoms with van der Waals surface area (Å²) in [5.74, 6) is -0.119. The number of anilines is 2. The summed E-state index contributed by atoms with van der Waals surface area (Å²) in [7, 11) is 2.95. The molecule has 2 N–H and O–H groups in total. The van der Waals surface area contributed by atoms with Crippen LogP contribution in [0.15, 0.2) is 121 Å². The Labute approximate surface area is 216 Å². The molecule has 188 valence electrons. The van der Waals surface area contributed by atoms with Gasteiger partial charge in [0.25, 0.3) is 0 Å². The number of allylic oxidation sites excluding steroid dienone is 4. The van der Waals surface area contributed by atoms with Crippen molar-refractivity contribution >= 4 is 29.0 Å². The maximum absolute atomic E-state index is 12.2. The van der Waals surface area contributed by atoms with Crippen LogP contribution in [-0.2, 0) is 14.3 Å². The predicted octanol–water partition coefficient (Wildman–Crippen LogP) is 5.90. The third-order valence-electron chi connectivity index (χ3n) is 5.41. The molecule has 7 heteroatoms. The number of carbonyl (C=O) groups excluding carboxylic acids is 3. The van der Waals surface area contributed by atoms with Crippen molar-refractivity contribution in [3.63, 3.8) is 0 Å². The first-order valence-corrected chi connectivity index (χ1v) is 11.5. The van der Waals surface area contributed by atoms with Crippen molar-refractivity contribution in [2.75, 3.05) is 24.9 Å². The minimum absolute atomic E-state index is 0.0568. The van der Waals surface area contributed by atoms with Crippen LogP contribution in [0, 0.1) is 0 Å². The molecule has 0 saturated heterocycles. The summed E-state index contributed by atoms with van der Waals surface area (Å²) in [6.07, 6.45) is 4.18. The van der Waals surface area contributed by atoms with Gasteiger partial charge in [0, 0.05) is 28.9 Å². The van der Waals surface area contributed by atoms with E-state index in [1.165, 1.54) is 19.3 Å². The van der Waals surface area contributed by atoms with E-state index in [0.717, 1.165) is 22.7 Å². The highest BCUT2D eigenvalue weighted by atomic mass is 16.5. The molecule has 4 rings (SSSR count). The van der Waals surface area contributed by atoms with Gasteiger partial charge in [0.15, 0.2) is 11.5 Å². The number of benzene rings is 3. The molecule has 1 aliphatic carbocycles. The monoisotopic (exact) mass is 496 g/mol. The summed E-state index contributed by atoms with van der Waals surface area (Å²) in [6.45, 7) is 3.77. The van der Waals surface area contributed by atoms with Crippen LogP contribution in [0.25, 0.3) is 0 Å². The lowest BCUT2D eigenvalue weighted by molar-refractivity contribution is -0.117. The van der Waals surface area contributed by atoms with E-state index in [-0.39, 0.29) is 29.3 Å². The van der Waals surface area contributed by atoms with Crippen LogP contribution >= 0.6 is 0 Å². The number of methoxy groups -OCH3 is 2. The molecule has 7 nitrogen and oxygen atoms in total. The summed E-state index contributed by atoms with van der Waals surface area (Å²) in [4.78, 5) is 35.6. The molecule has 0 bridgehead atoms. The highest BCUT2D eigenvalue weighted by Gasteiger charge is 2.26. The topological polar surface area (TPSA) is 93.7 Å². The molecular formula is C30H28N2O5. The molecule has 1 atom stereocenters. The van der Waals surface area contributed by atoms with Crippen LogP contribution in [0.5, 0.6) is 5.75 Å². The molecule has 1 aliphatic rings. The molecule has 2 amide bonds. The predicted molar refractivity (Wildman–Crippen MR) is 145 cm³/mol. The first-order chi connectivity index (χ1) is 17.9. The van der Waals surface area contributed by atoms with E-state index in [4.69, 9.17) is 9.47 Å². The van der Waals surface area contributed by atoms with Crippen molar-refractivity contribution in [1.29, 1.82) is 0 Å². The fourth-order valence-corrected chi connectivity index (χ4v) is 3.55. The Kier molecular flexibility index (Phi) is 9.56. The maximum Gasteiger partial charge on any atom is 0.323 e. The van der Waals surface area contributed by atoms with Crippen LogP contribution in [0.1, 0.15) is 11.5 Å². The number of urea groups is 1. The second-order valence-corrected chi connectivity index (χ2v) is 7.84. The standard InChI is InChI=1S/C17H16O4.C13H12N2O/c1-4-13(11-5-7-12(20-2)8-6-11)14-9-16(19)17(21-3)10-15(14)18;16-13(14-11-7-3-1-4-8-11)15-12-9-5-2-6-10-12/h4-10,13H,1H2,2-3H3;1-10H,(H2,14,15,16). The van der Waals surface area contributed by atoms with Gasteiger partial charge in [-0.1, -0.05) is 54.6 Å². The van der Waals surface area contributed by atoms with Gasteiger partial charge in [-0.05, 0) is 48.0 Å². The molecule has 1 unspecified atom stereocenters. The molecule has 0 aromatic heterocycles. The molecular weight excluding hydrogens is 468 g/mol. The van der Waals surface area contributed by atoms with E-state index in [1.807, 2.05) is 72.8 Å². The second kappa shape index (κ2) is 13.3. The Balaban J connectivity index is 0.000000213. The Hall–Kier alpha value is -4.91. The fourth-order valence-electron chi connectivity index (χ4n) is 3.55. The minimum Gasteiger partial charge on any atom is -0.497 e. The number of para-hydroxylation sites is 2. The third kappa shape index (κ3) is 7.53. The van der Waals surface area contributed by atoms with Crippen molar-refractivity contribution in [3.8, 4) is 5.75 Å². The fraction of sp³-hybridized carbons (Fsp3) is 0.100. The van der Waals surface area contributed by atoms with E-state index in [0.29, 0.717) is 5.57 Å². The normalized spacial score (nSPS) is 13.1. The van der Waals surface area contributed by atoms with Gasteiger partial charge in [-0.25, -0.2) is 4.79 Å². The molecule has 0 radical (unpaired) electrons. The number of carbonyl (C=O) groups is 3. The summed E-state index contributed by atoms with van der Waals surface area (Å²) >= 11 is 0. The van der Waals surface area contributed by atoms with Gasteiger partial charge in [0.1, 0.15) is 5.75 Å².